The molecule has 1 unspecified atom stereocenters. The van der Waals surface area contributed by atoms with Gasteiger partial charge in [-0.25, -0.2) is 0 Å². The molecule has 0 bridgehead atoms. The van der Waals surface area contributed by atoms with Crippen molar-refractivity contribution in [1.82, 2.24) is 0 Å². The molecule has 0 aromatic heterocycles. The van der Waals surface area contributed by atoms with Gasteiger partial charge in [0.1, 0.15) is 0 Å². The first-order valence-electron chi connectivity index (χ1n) is 3.16. The molecule has 54 valence electrons. The van der Waals surface area contributed by atoms with Gasteiger partial charge in [0.05, 0.1) is 12.0 Å². The van der Waals surface area contributed by atoms with Crippen LogP contribution in [0.25, 0.3) is 0 Å². The minimum Gasteiger partial charge on any atom is -0.198 e. The molecular weight excluding hydrogens is 169 g/mol. The third-order valence-corrected chi connectivity index (χ3v) is 2.51. The Hall–Kier alpha value is -0.190. The van der Waals surface area contributed by atoms with Gasteiger partial charge in [0.25, 0.3) is 0 Å². The Bertz CT molecular complexity index is 202. The van der Waals surface area contributed by atoms with Crippen molar-refractivity contribution in [3.05, 3.63) is 10.1 Å². The van der Waals surface area contributed by atoms with E-state index >= 15 is 0 Å². The summed E-state index contributed by atoms with van der Waals surface area (Å²) in [6, 6.07) is 2.18. The molecule has 1 aliphatic rings. The van der Waals surface area contributed by atoms with E-state index in [1.54, 1.807) is 0 Å². The summed E-state index contributed by atoms with van der Waals surface area (Å²) in [6.45, 7) is 0. The summed E-state index contributed by atoms with van der Waals surface area (Å²) in [7, 11) is 0. The lowest BCUT2D eigenvalue weighted by Crippen LogP contribution is -2.03. The molecule has 0 radical (unpaired) electrons. The number of nitrogens with zero attached hydrogens (tertiary/aromatic N) is 1. The Balaban J connectivity index is 2.64. The molecule has 1 aliphatic carbocycles. The molecule has 0 saturated heterocycles. The number of halogens is 2. The standard InChI is InChI=1S/C7H7Cl2N/c8-6-2-1-5(4-10)3-7(6)9/h5H,1-3H2. The summed E-state index contributed by atoms with van der Waals surface area (Å²) < 4.78 is 0. The number of allylic oxidation sites excluding steroid dienone is 2. The average Bonchev–Trinajstić information content (AvgIpc) is 1.95. The Labute approximate surface area is 70.2 Å². The largest absolute Gasteiger partial charge is 0.198 e. The molecule has 0 aromatic carbocycles. The highest BCUT2D eigenvalue weighted by Crippen LogP contribution is 2.33. The minimum atomic E-state index is 0.0787. The molecule has 0 aliphatic heterocycles. The van der Waals surface area contributed by atoms with Gasteiger partial charge >= 0.3 is 0 Å². The van der Waals surface area contributed by atoms with Gasteiger partial charge in [0, 0.05) is 16.5 Å². The van der Waals surface area contributed by atoms with Crippen LogP contribution in [0, 0.1) is 17.2 Å². The maximum absolute atomic E-state index is 8.52. The summed E-state index contributed by atoms with van der Waals surface area (Å²) in [6.07, 6.45) is 2.25. The van der Waals surface area contributed by atoms with Crippen LogP contribution < -0.4 is 0 Å². The average molecular weight is 176 g/mol. The predicted molar refractivity (Wildman–Crippen MR) is 41.7 cm³/mol. The first-order valence-corrected chi connectivity index (χ1v) is 3.92. The Kier molecular flexibility index (Phi) is 2.59. The molecule has 0 fully saturated rings. The van der Waals surface area contributed by atoms with Crippen LogP contribution in [-0.2, 0) is 0 Å². The van der Waals surface area contributed by atoms with Gasteiger partial charge in [0.15, 0.2) is 0 Å². The van der Waals surface area contributed by atoms with Crippen molar-refractivity contribution in [2.45, 2.75) is 19.3 Å². The quantitative estimate of drug-likeness (QED) is 0.556. The monoisotopic (exact) mass is 175 g/mol. The van der Waals surface area contributed by atoms with Crippen LogP contribution in [0.4, 0.5) is 0 Å². The zero-order valence-electron chi connectivity index (χ0n) is 5.40. The normalized spacial score (nSPS) is 26.3. The Morgan fingerprint density at radius 3 is 2.60 bits per heavy atom. The van der Waals surface area contributed by atoms with Gasteiger partial charge in [-0.15, -0.1) is 0 Å². The maximum atomic E-state index is 8.52. The first kappa shape index (κ1) is 7.91. The van der Waals surface area contributed by atoms with Crippen molar-refractivity contribution in [3.8, 4) is 6.07 Å². The van der Waals surface area contributed by atoms with E-state index < -0.39 is 0 Å². The third kappa shape index (κ3) is 1.65. The van der Waals surface area contributed by atoms with Crippen LogP contribution in [0.1, 0.15) is 19.3 Å². The predicted octanol–water partition coefficient (Wildman–Crippen LogP) is 3.00. The van der Waals surface area contributed by atoms with E-state index in [-0.39, 0.29) is 5.92 Å². The lowest BCUT2D eigenvalue weighted by molar-refractivity contribution is 0.584. The summed E-state index contributed by atoms with van der Waals surface area (Å²) in [5, 5.41) is 9.92. The summed E-state index contributed by atoms with van der Waals surface area (Å²) in [4.78, 5) is 0. The van der Waals surface area contributed by atoms with Crippen molar-refractivity contribution in [2.24, 2.45) is 5.92 Å². The fraction of sp³-hybridized carbons (Fsp3) is 0.571. The van der Waals surface area contributed by atoms with Crippen molar-refractivity contribution >= 4 is 23.2 Å². The summed E-state index contributed by atoms with van der Waals surface area (Å²) in [5.41, 5.74) is 0. The fourth-order valence-electron chi connectivity index (χ4n) is 0.976. The van der Waals surface area contributed by atoms with Crippen molar-refractivity contribution in [3.63, 3.8) is 0 Å². The Morgan fingerprint density at radius 2 is 2.10 bits per heavy atom. The molecule has 0 heterocycles. The van der Waals surface area contributed by atoms with E-state index in [0.29, 0.717) is 11.5 Å². The number of rotatable bonds is 0. The molecule has 1 nitrogen and oxygen atoms in total. The zero-order chi connectivity index (χ0) is 7.56. The van der Waals surface area contributed by atoms with Gasteiger partial charge in [-0.2, -0.15) is 5.26 Å². The third-order valence-electron chi connectivity index (χ3n) is 1.61. The van der Waals surface area contributed by atoms with E-state index in [1.807, 2.05) is 0 Å². The van der Waals surface area contributed by atoms with E-state index in [9.17, 15) is 0 Å². The fourth-order valence-corrected chi connectivity index (χ4v) is 1.44. The summed E-state index contributed by atoms with van der Waals surface area (Å²) in [5.74, 6) is 0.0787. The second kappa shape index (κ2) is 3.27. The minimum absolute atomic E-state index is 0.0787. The SMILES string of the molecule is N#CC1CCC(Cl)=C(Cl)C1. The number of hydrogen-bond donors (Lipinski definition) is 0. The van der Waals surface area contributed by atoms with E-state index in [0.717, 1.165) is 17.9 Å². The number of nitriles is 1. The topological polar surface area (TPSA) is 23.8 Å². The molecule has 0 aromatic rings. The smallest absolute Gasteiger partial charge is 0.0659 e. The van der Waals surface area contributed by atoms with E-state index in [1.165, 1.54) is 0 Å². The van der Waals surface area contributed by atoms with E-state index in [2.05, 4.69) is 6.07 Å². The molecule has 1 atom stereocenters. The summed E-state index contributed by atoms with van der Waals surface area (Å²) >= 11 is 11.5. The highest BCUT2D eigenvalue weighted by Gasteiger charge is 2.17. The van der Waals surface area contributed by atoms with Gasteiger partial charge in [-0.05, 0) is 12.8 Å². The highest BCUT2D eigenvalue weighted by atomic mass is 35.5. The van der Waals surface area contributed by atoms with Crippen molar-refractivity contribution < 1.29 is 0 Å². The van der Waals surface area contributed by atoms with Crippen molar-refractivity contribution in [1.29, 1.82) is 5.26 Å². The molecule has 3 heteroatoms. The molecule has 0 N–H and O–H groups in total. The van der Waals surface area contributed by atoms with Crippen LogP contribution in [0.2, 0.25) is 0 Å². The Morgan fingerprint density at radius 1 is 1.40 bits per heavy atom. The molecule has 1 rings (SSSR count). The second-order valence-electron chi connectivity index (χ2n) is 2.38. The van der Waals surface area contributed by atoms with Crippen molar-refractivity contribution in [2.75, 3.05) is 0 Å². The maximum Gasteiger partial charge on any atom is 0.0659 e. The highest BCUT2D eigenvalue weighted by molar-refractivity contribution is 6.39. The van der Waals surface area contributed by atoms with Crippen LogP contribution in [0.3, 0.4) is 0 Å². The van der Waals surface area contributed by atoms with Gasteiger partial charge in [0.2, 0.25) is 0 Å². The van der Waals surface area contributed by atoms with Crippen LogP contribution in [0.5, 0.6) is 0 Å². The molecule has 0 spiro atoms. The molecule has 0 amide bonds. The van der Waals surface area contributed by atoms with Crippen LogP contribution in [-0.4, -0.2) is 0 Å². The lowest BCUT2D eigenvalue weighted by Gasteiger charge is -2.14. The zero-order valence-corrected chi connectivity index (χ0v) is 6.91. The molecule has 0 saturated carbocycles. The van der Waals surface area contributed by atoms with Crippen LogP contribution >= 0.6 is 23.2 Å². The molecular formula is C7H7Cl2N. The van der Waals surface area contributed by atoms with Gasteiger partial charge in [-0.3, -0.25) is 0 Å². The first-order chi connectivity index (χ1) is 4.74. The second-order valence-corrected chi connectivity index (χ2v) is 3.29. The van der Waals surface area contributed by atoms with E-state index in [4.69, 9.17) is 28.5 Å². The number of hydrogen-bond acceptors (Lipinski definition) is 1. The molecule has 10 heavy (non-hydrogen) atoms. The van der Waals surface area contributed by atoms with Gasteiger partial charge < -0.3 is 0 Å². The lowest BCUT2D eigenvalue weighted by atomic mass is 9.96. The van der Waals surface area contributed by atoms with Crippen LogP contribution in [0.15, 0.2) is 10.1 Å². The van der Waals surface area contributed by atoms with Gasteiger partial charge in [-0.1, -0.05) is 23.2 Å².